The maximum absolute atomic E-state index is 9.58. The van der Waals surface area contributed by atoms with Gasteiger partial charge in [-0.3, -0.25) is 0 Å². The lowest BCUT2D eigenvalue weighted by Gasteiger charge is -2.36. The zero-order valence-corrected chi connectivity index (χ0v) is 8.09. The minimum atomic E-state index is -0.442. The number of aliphatic hydroxyl groups is 1. The van der Waals surface area contributed by atoms with Crippen LogP contribution in [0.2, 0.25) is 0 Å². The summed E-state index contributed by atoms with van der Waals surface area (Å²) in [6.45, 7) is 4.35. The number of rotatable bonds is 4. The molecule has 0 saturated carbocycles. The van der Waals surface area contributed by atoms with Crippen LogP contribution < -0.4 is 0 Å². The van der Waals surface area contributed by atoms with E-state index >= 15 is 0 Å². The Balaban J connectivity index is 4.05. The van der Waals surface area contributed by atoms with E-state index in [4.69, 9.17) is 4.74 Å². The number of methoxy groups -OCH3 is 1. The third kappa shape index (κ3) is 2.77. The average molecular weight is 161 g/mol. The Labute approximate surface area is 69.0 Å². The normalized spacial score (nSPS) is 15.5. The molecule has 1 atom stereocenters. The second-order valence-corrected chi connectivity index (χ2v) is 3.52. The largest absolute Gasteiger partial charge is 0.389 e. The summed E-state index contributed by atoms with van der Waals surface area (Å²) in [6, 6.07) is 0. The van der Waals surface area contributed by atoms with Crippen molar-refractivity contribution in [2.45, 2.75) is 25.5 Å². The zero-order chi connectivity index (χ0) is 9.07. The lowest BCUT2D eigenvalue weighted by atomic mass is 9.97. The molecule has 0 radical (unpaired) electrons. The van der Waals surface area contributed by atoms with Gasteiger partial charge in [0.15, 0.2) is 0 Å². The monoisotopic (exact) mass is 161 g/mol. The van der Waals surface area contributed by atoms with Crippen LogP contribution in [0.4, 0.5) is 0 Å². The van der Waals surface area contributed by atoms with Gasteiger partial charge in [0.05, 0.1) is 12.7 Å². The van der Waals surface area contributed by atoms with Gasteiger partial charge in [0, 0.05) is 12.6 Å². The third-order valence-electron chi connectivity index (χ3n) is 2.29. The summed E-state index contributed by atoms with van der Waals surface area (Å²) in [4.78, 5) is 1.98. The van der Waals surface area contributed by atoms with E-state index in [1.807, 2.05) is 32.8 Å². The van der Waals surface area contributed by atoms with E-state index in [9.17, 15) is 5.11 Å². The van der Waals surface area contributed by atoms with Crippen molar-refractivity contribution in [1.82, 2.24) is 4.90 Å². The number of aliphatic hydroxyl groups excluding tert-OH is 1. The molecule has 3 nitrogen and oxygen atoms in total. The summed E-state index contributed by atoms with van der Waals surface area (Å²) in [6.07, 6.45) is -0.442. The van der Waals surface area contributed by atoms with Gasteiger partial charge in [-0.25, -0.2) is 0 Å². The van der Waals surface area contributed by atoms with Crippen LogP contribution in [0.5, 0.6) is 0 Å². The number of hydrogen-bond donors (Lipinski definition) is 1. The Bertz CT molecular complexity index is 113. The molecule has 1 unspecified atom stereocenters. The van der Waals surface area contributed by atoms with Gasteiger partial charge in [0.2, 0.25) is 0 Å². The van der Waals surface area contributed by atoms with E-state index < -0.39 is 6.10 Å². The average Bonchev–Trinajstić information content (AvgIpc) is 1.88. The van der Waals surface area contributed by atoms with E-state index in [1.165, 1.54) is 0 Å². The summed E-state index contributed by atoms with van der Waals surface area (Å²) in [5.41, 5.74) is -0.226. The van der Waals surface area contributed by atoms with Crippen LogP contribution >= 0.6 is 0 Å². The van der Waals surface area contributed by atoms with Crippen LogP contribution in [0.15, 0.2) is 0 Å². The maximum atomic E-state index is 9.58. The van der Waals surface area contributed by atoms with Crippen LogP contribution in [0.25, 0.3) is 0 Å². The second kappa shape index (κ2) is 4.04. The second-order valence-electron chi connectivity index (χ2n) is 3.52. The topological polar surface area (TPSA) is 32.7 Å². The van der Waals surface area contributed by atoms with Crippen LogP contribution in [0.3, 0.4) is 0 Å². The lowest BCUT2D eigenvalue weighted by Crippen LogP contribution is -2.50. The van der Waals surface area contributed by atoms with Crippen molar-refractivity contribution in [1.29, 1.82) is 0 Å². The molecule has 0 aromatic rings. The van der Waals surface area contributed by atoms with Gasteiger partial charge in [-0.1, -0.05) is 0 Å². The Morgan fingerprint density at radius 2 is 1.91 bits per heavy atom. The third-order valence-corrected chi connectivity index (χ3v) is 2.29. The van der Waals surface area contributed by atoms with Gasteiger partial charge in [-0.15, -0.1) is 0 Å². The van der Waals surface area contributed by atoms with Crippen LogP contribution in [0, 0.1) is 0 Å². The first-order valence-corrected chi connectivity index (χ1v) is 3.77. The van der Waals surface area contributed by atoms with E-state index in [-0.39, 0.29) is 5.54 Å². The number of hydrogen-bond acceptors (Lipinski definition) is 3. The SMILES string of the molecule is COCC(O)C(C)(C)N(C)C. The molecule has 0 spiro atoms. The molecule has 0 amide bonds. The first-order chi connectivity index (χ1) is 4.92. The summed E-state index contributed by atoms with van der Waals surface area (Å²) < 4.78 is 4.86. The molecular formula is C8H19NO2. The minimum Gasteiger partial charge on any atom is -0.389 e. The summed E-state index contributed by atoms with van der Waals surface area (Å²) >= 11 is 0. The maximum Gasteiger partial charge on any atom is 0.0950 e. The molecule has 68 valence electrons. The first-order valence-electron chi connectivity index (χ1n) is 3.77. The standard InChI is InChI=1S/C8H19NO2/c1-8(2,9(3)4)7(10)6-11-5/h7,10H,6H2,1-5H3. The molecule has 0 aromatic heterocycles. The fourth-order valence-electron chi connectivity index (χ4n) is 0.660. The molecule has 0 aliphatic heterocycles. The molecule has 3 heteroatoms. The van der Waals surface area contributed by atoms with Gasteiger partial charge in [-0.05, 0) is 27.9 Å². The van der Waals surface area contributed by atoms with Gasteiger partial charge < -0.3 is 14.7 Å². The van der Waals surface area contributed by atoms with Crippen LogP contribution in [0.1, 0.15) is 13.8 Å². The first kappa shape index (κ1) is 10.9. The Hall–Kier alpha value is -0.120. The Kier molecular flexibility index (Phi) is 4.00. The highest BCUT2D eigenvalue weighted by Gasteiger charge is 2.29. The van der Waals surface area contributed by atoms with Crippen LogP contribution in [-0.4, -0.2) is 49.5 Å². The molecule has 1 N–H and O–H groups in total. The van der Waals surface area contributed by atoms with Gasteiger partial charge >= 0.3 is 0 Å². The quantitative estimate of drug-likeness (QED) is 0.645. The number of ether oxygens (including phenoxy) is 1. The number of nitrogens with zero attached hydrogens (tertiary/aromatic N) is 1. The van der Waals surface area contributed by atoms with Crippen molar-refractivity contribution in [3.63, 3.8) is 0 Å². The molecule has 0 aromatic carbocycles. The fourth-order valence-corrected chi connectivity index (χ4v) is 0.660. The minimum absolute atomic E-state index is 0.226. The van der Waals surface area contributed by atoms with E-state index in [1.54, 1.807) is 7.11 Å². The summed E-state index contributed by atoms with van der Waals surface area (Å²) in [5, 5.41) is 9.58. The van der Waals surface area contributed by atoms with Crippen molar-refractivity contribution in [2.24, 2.45) is 0 Å². The lowest BCUT2D eigenvalue weighted by molar-refractivity contribution is -0.0295. The Morgan fingerprint density at radius 1 is 1.45 bits per heavy atom. The highest BCUT2D eigenvalue weighted by Crippen LogP contribution is 2.15. The van der Waals surface area contributed by atoms with Crippen molar-refractivity contribution in [3.8, 4) is 0 Å². The Morgan fingerprint density at radius 3 is 2.18 bits per heavy atom. The molecule has 0 aliphatic carbocycles. The number of likely N-dealkylation sites (N-methyl/N-ethyl adjacent to an activating group) is 1. The molecule has 0 fully saturated rings. The molecule has 0 aliphatic rings. The van der Waals surface area contributed by atoms with E-state index in [0.29, 0.717) is 6.61 Å². The molecule has 0 bridgehead atoms. The van der Waals surface area contributed by atoms with Crippen molar-refractivity contribution >= 4 is 0 Å². The molecular weight excluding hydrogens is 142 g/mol. The van der Waals surface area contributed by atoms with Gasteiger partial charge in [-0.2, -0.15) is 0 Å². The summed E-state index contributed by atoms with van der Waals surface area (Å²) in [7, 11) is 5.48. The highest BCUT2D eigenvalue weighted by molar-refractivity contribution is 4.85. The van der Waals surface area contributed by atoms with E-state index in [2.05, 4.69) is 0 Å². The predicted molar refractivity (Wildman–Crippen MR) is 45.6 cm³/mol. The summed E-state index contributed by atoms with van der Waals surface area (Å²) in [5.74, 6) is 0. The zero-order valence-electron chi connectivity index (χ0n) is 8.09. The molecule has 0 rings (SSSR count). The van der Waals surface area contributed by atoms with Gasteiger partial charge in [0.25, 0.3) is 0 Å². The van der Waals surface area contributed by atoms with Crippen molar-refractivity contribution in [3.05, 3.63) is 0 Å². The predicted octanol–water partition coefficient (Wildman–Crippen LogP) is 0.334. The van der Waals surface area contributed by atoms with E-state index in [0.717, 1.165) is 0 Å². The smallest absolute Gasteiger partial charge is 0.0950 e. The molecule has 0 saturated heterocycles. The van der Waals surface area contributed by atoms with Crippen LogP contribution in [-0.2, 0) is 4.74 Å². The molecule has 11 heavy (non-hydrogen) atoms. The molecule has 0 heterocycles. The van der Waals surface area contributed by atoms with Crippen molar-refractivity contribution < 1.29 is 9.84 Å². The highest BCUT2D eigenvalue weighted by atomic mass is 16.5. The van der Waals surface area contributed by atoms with Gasteiger partial charge in [0.1, 0.15) is 0 Å². The van der Waals surface area contributed by atoms with Crippen molar-refractivity contribution in [2.75, 3.05) is 27.8 Å². The fraction of sp³-hybridized carbons (Fsp3) is 1.00.